The van der Waals surface area contributed by atoms with Gasteiger partial charge in [-0.05, 0) is 14.1 Å². The molecule has 0 aromatic rings. The Morgan fingerprint density at radius 1 is 0.727 bits per heavy atom. The molecule has 0 aliphatic heterocycles. The Morgan fingerprint density at radius 3 is 1.18 bits per heavy atom. The van der Waals surface area contributed by atoms with E-state index in [1.165, 1.54) is 38.5 Å². The van der Waals surface area contributed by atoms with E-state index in [4.69, 9.17) is 0 Å². The first kappa shape index (κ1) is 13.5. The molecule has 0 aromatic carbocycles. The molecule has 0 atom stereocenters. The number of hydrogen-bond donors (Lipinski definition) is 1. The van der Waals surface area contributed by atoms with Gasteiger partial charge in [-0.1, -0.05) is 52.4 Å². The zero-order valence-corrected chi connectivity index (χ0v) is 8.74. The lowest BCUT2D eigenvalue weighted by Crippen LogP contribution is -1.89. The summed E-state index contributed by atoms with van der Waals surface area (Å²) in [4.78, 5) is 0. The summed E-state index contributed by atoms with van der Waals surface area (Å²) in [7, 11) is 3.75. The van der Waals surface area contributed by atoms with E-state index < -0.39 is 0 Å². The Bertz CT molecular complexity index is 38.1. The highest BCUT2D eigenvalue weighted by Crippen LogP contribution is 2.03. The topological polar surface area (TPSA) is 12.0 Å². The summed E-state index contributed by atoms with van der Waals surface area (Å²) in [5, 5.41) is 2.75. The summed E-state index contributed by atoms with van der Waals surface area (Å²) < 4.78 is 0. The lowest BCUT2D eigenvalue weighted by atomic mass is 10.1. The Labute approximate surface area is 72.6 Å². The number of nitrogens with one attached hydrogen (secondary N) is 1. The molecule has 0 aromatic heterocycles. The molecule has 0 rings (SSSR count). The minimum absolute atomic E-state index is 1.36. The molecule has 1 nitrogen and oxygen atoms in total. The quantitative estimate of drug-likeness (QED) is 0.607. The lowest BCUT2D eigenvalue weighted by Gasteiger charge is -1.93. The van der Waals surface area contributed by atoms with E-state index in [0.29, 0.717) is 0 Å². The van der Waals surface area contributed by atoms with Gasteiger partial charge in [0.2, 0.25) is 0 Å². The van der Waals surface area contributed by atoms with Crippen LogP contribution in [-0.4, -0.2) is 14.1 Å². The van der Waals surface area contributed by atoms with E-state index in [1.807, 2.05) is 14.1 Å². The number of unbranched alkanes of at least 4 members (excludes halogenated alkanes) is 5. The third-order valence-corrected chi connectivity index (χ3v) is 1.46. The van der Waals surface area contributed by atoms with Crippen LogP contribution >= 0.6 is 0 Å². The van der Waals surface area contributed by atoms with Crippen molar-refractivity contribution in [1.29, 1.82) is 0 Å². The van der Waals surface area contributed by atoms with E-state index in [0.717, 1.165) is 0 Å². The largest absolute Gasteiger partial charge is 0.323 e. The van der Waals surface area contributed by atoms with Crippen molar-refractivity contribution in [2.45, 2.75) is 52.4 Å². The van der Waals surface area contributed by atoms with Crippen LogP contribution in [-0.2, 0) is 0 Å². The summed E-state index contributed by atoms with van der Waals surface area (Å²) in [6, 6.07) is 0. The van der Waals surface area contributed by atoms with Gasteiger partial charge in [0.1, 0.15) is 0 Å². The molecule has 1 N–H and O–H groups in total. The summed E-state index contributed by atoms with van der Waals surface area (Å²) in [5.41, 5.74) is 0. The van der Waals surface area contributed by atoms with E-state index in [2.05, 4.69) is 19.2 Å². The minimum Gasteiger partial charge on any atom is -0.323 e. The molecule has 0 aliphatic carbocycles. The van der Waals surface area contributed by atoms with Crippen LogP contribution in [0.1, 0.15) is 52.4 Å². The van der Waals surface area contributed by atoms with Gasteiger partial charge in [0.15, 0.2) is 0 Å². The van der Waals surface area contributed by atoms with Crippen LogP contribution in [0.25, 0.3) is 0 Å². The van der Waals surface area contributed by atoms with Crippen LogP contribution < -0.4 is 5.32 Å². The maximum Gasteiger partial charge on any atom is -0.0167 e. The first-order valence-electron chi connectivity index (χ1n) is 4.91. The zero-order valence-electron chi connectivity index (χ0n) is 8.74. The molecule has 11 heavy (non-hydrogen) atoms. The molecule has 0 bridgehead atoms. The lowest BCUT2D eigenvalue weighted by molar-refractivity contribution is 0.624. The Kier molecular flexibility index (Phi) is 20.3. The van der Waals surface area contributed by atoms with Gasteiger partial charge in [0, 0.05) is 0 Å². The van der Waals surface area contributed by atoms with Crippen molar-refractivity contribution in [3.8, 4) is 0 Å². The van der Waals surface area contributed by atoms with Crippen molar-refractivity contribution in [1.82, 2.24) is 5.32 Å². The van der Waals surface area contributed by atoms with Crippen LogP contribution in [0.3, 0.4) is 0 Å². The molecule has 0 radical (unpaired) electrons. The SMILES string of the molecule is CCCCCCCC.CNC. The fraction of sp³-hybridized carbons (Fsp3) is 1.00. The van der Waals surface area contributed by atoms with Crippen molar-refractivity contribution in [3.63, 3.8) is 0 Å². The molecule has 0 unspecified atom stereocenters. The summed E-state index contributed by atoms with van der Waals surface area (Å²) in [6.07, 6.45) is 8.49. The van der Waals surface area contributed by atoms with Gasteiger partial charge in [-0.2, -0.15) is 0 Å². The van der Waals surface area contributed by atoms with Crippen molar-refractivity contribution in [3.05, 3.63) is 0 Å². The molecular weight excluding hydrogens is 134 g/mol. The van der Waals surface area contributed by atoms with Crippen molar-refractivity contribution in [2.75, 3.05) is 14.1 Å². The molecule has 0 spiro atoms. The van der Waals surface area contributed by atoms with Gasteiger partial charge in [-0.3, -0.25) is 0 Å². The fourth-order valence-corrected chi connectivity index (χ4v) is 0.854. The van der Waals surface area contributed by atoms with Crippen LogP contribution in [0.15, 0.2) is 0 Å². The smallest absolute Gasteiger partial charge is 0.0167 e. The Morgan fingerprint density at radius 2 is 1.00 bits per heavy atom. The maximum absolute atomic E-state index is 2.75. The fourth-order valence-electron chi connectivity index (χ4n) is 0.854. The summed E-state index contributed by atoms with van der Waals surface area (Å²) in [6.45, 7) is 4.51. The van der Waals surface area contributed by atoms with E-state index in [9.17, 15) is 0 Å². The highest BCUT2D eigenvalue weighted by molar-refractivity contribution is 4.39. The summed E-state index contributed by atoms with van der Waals surface area (Å²) in [5.74, 6) is 0. The van der Waals surface area contributed by atoms with Gasteiger partial charge in [-0.25, -0.2) is 0 Å². The van der Waals surface area contributed by atoms with E-state index >= 15 is 0 Å². The average Bonchev–Trinajstić information content (AvgIpc) is 2.00. The predicted molar refractivity (Wildman–Crippen MR) is 54.0 cm³/mol. The average molecular weight is 159 g/mol. The van der Waals surface area contributed by atoms with Gasteiger partial charge < -0.3 is 5.32 Å². The standard InChI is InChI=1S/C8H18.C2H7N/c1-3-5-7-8-6-4-2;1-3-2/h3-8H2,1-2H3;3H,1-2H3. The highest BCUT2D eigenvalue weighted by atomic mass is 14.7. The monoisotopic (exact) mass is 159 g/mol. The Balaban J connectivity index is 0. The van der Waals surface area contributed by atoms with E-state index in [1.54, 1.807) is 0 Å². The van der Waals surface area contributed by atoms with Crippen LogP contribution in [0.4, 0.5) is 0 Å². The molecular formula is C10H25N. The first-order chi connectivity index (χ1) is 5.33. The van der Waals surface area contributed by atoms with E-state index in [-0.39, 0.29) is 0 Å². The van der Waals surface area contributed by atoms with Crippen LogP contribution in [0.5, 0.6) is 0 Å². The molecule has 0 saturated carbocycles. The second kappa shape index (κ2) is 16.5. The number of rotatable bonds is 5. The van der Waals surface area contributed by atoms with Gasteiger partial charge in [0.05, 0.1) is 0 Å². The molecule has 0 amide bonds. The number of hydrogen-bond acceptors (Lipinski definition) is 1. The molecule has 0 saturated heterocycles. The minimum atomic E-state index is 1.36. The van der Waals surface area contributed by atoms with Gasteiger partial charge in [0.25, 0.3) is 0 Å². The highest BCUT2D eigenvalue weighted by Gasteiger charge is 1.83. The van der Waals surface area contributed by atoms with Crippen LogP contribution in [0, 0.1) is 0 Å². The molecule has 0 fully saturated rings. The molecule has 70 valence electrons. The van der Waals surface area contributed by atoms with Gasteiger partial charge >= 0.3 is 0 Å². The van der Waals surface area contributed by atoms with Crippen molar-refractivity contribution < 1.29 is 0 Å². The van der Waals surface area contributed by atoms with Gasteiger partial charge in [-0.15, -0.1) is 0 Å². The third kappa shape index (κ3) is 25.7. The zero-order chi connectivity index (χ0) is 8.95. The van der Waals surface area contributed by atoms with Crippen LogP contribution in [0.2, 0.25) is 0 Å². The summed E-state index contributed by atoms with van der Waals surface area (Å²) >= 11 is 0. The van der Waals surface area contributed by atoms with Crippen molar-refractivity contribution in [2.24, 2.45) is 0 Å². The molecule has 0 heterocycles. The molecule has 0 aliphatic rings. The second-order valence-corrected chi connectivity index (χ2v) is 2.91. The normalized spacial score (nSPS) is 8.73. The first-order valence-corrected chi connectivity index (χ1v) is 4.91. The predicted octanol–water partition coefficient (Wildman–Crippen LogP) is 3.20. The molecule has 1 heteroatoms. The maximum atomic E-state index is 2.75. The Hall–Kier alpha value is -0.0400. The van der Waals surface area contributed by atoms with Crippen molar-refractivity contribution >= 4 is 0 Å². The second-order valence-electron chi connectivity index (χ2n) is 2.91. The third-order valence-electron chi connectivity index (χ3n) is 1.46.